The topological polar surface area (TPSA) is 62.7 Å². The standard InChI is InChI=1S/C12H6Cl3N3/c13-7-2-8(11(15)9(14)3-7)12-10(17)1-6(4-16)5-18-12/h1-3,5H,17H2. The molecule has 3 nitrogen and oxygen atoms in total. The lowest BCUT2D eigenvalue weighted by atomic mass is 10.1. The Labute approximate surface area is 119 Å². The Morgan fingerprint density at radius 1 is 1.17 bits per heavy atom. The molecule has 0 aliphatic heterocycles. The smallest absolute Gasteiger partial charge is 0.101 e. The van der Waals surface area contributed by atoms with E-state index in [-0.39, 0.29) is 0 Å². The van der Waals surface area contributed by atoms with E-state index < -0.39 is 0 Å². The van der Waals surface area contributed by atoms with Gasteiger partial charge in [0.1, 0.15) is 6.07 Å². The lowest BCUT2D eigenvalue weighted by Gasteiger charge is -2.09. The van der Waals surface area contributed by atoms with E-state index in [0.29, 0.717) is 37.6 Å². The lowest BCUT2D eigenvalue weighted by molar-refractivity contribution is 1.30. The molecule has 2 aromatic rings. The zero-order chi connectivity index (χ0) is 13.3. The first-order chi connectivity index (χ1) is 8.52. The second-order valence-corrected chi connectivity index (χ2v) is 4.74. The summed E-state index contributed by atoms with van der Waals surface area (Å²) in [5.74, 6) is 0. The number of nitrogens with two attached hydrogens (primary N) is 1. The molecular formula is C12H6Cl3N3. The van der Waals surface area contributed by atoms with E-state index in [9.17, 15) is 0 Å². The Balaban J connectivity index is 2.66. The molecule has 90 valence electrons. The third-order valence-electron chi connectivity index (χ3n) is 2.29. The molecule has 0 saturated heterocycles. The lowest BCUT2D eigenvalue weighted by Crippen LogP contribution is -1.95. The summed E-state index contributed by atoms with van der Waals surface area (Å²) in [6.45, 7) is 0. The normalized spacial score (nSPS) is 10.1. The molecule has 0 aliphatic carbocycles. The van der Waals surface area contributed by atoms with Crippen LogP contribution < -0.4 is 5.73 Å². The summed E-state index contributed by atoms with van der Waals surface area (Å²) in [5, 5.41) is 9.84. The SMILES string of the molecule is N#Cc1cnc(-c2cc(Cl)cc(Cl)c2Cl)c(N)c1. The highest BCUT2D eigenvalue weighted by atomic mass is 35.5. The predicted octanol–water partition coefficient (Wildman–Crippen LogP) is 4.16. The number of nitrogens with zero attached hydrogens (tertiary/aromatic N) is 2. The van der Waals surface area contributed by atoms with Crippen molar-refractivity contribution in [2.45, 2.75) is 0 Å². The van der Waals surface area contributed by atoms with Crippen molar-refractivity contribution in [2.24, 2.45) is 0 Å². The maximum atomic E-state index is 8.75. The van der Waals surface area contributed by atoms with Crippen molar-refractivity contribution in [3.8, 4) is 17.3 Å². The Morgan fingerprint density at radius 3 is 2.50 bits per heavy atom. The van der Waals surface area contributed by atoms with Gasteiger partial charge in [0.15, 0.2) is 0 Å². The van der Waals surface area contributed by atoms with Crippen LogP contribution in [0.4, 0.5) is 5.69 Å². The largest absolute Gasteiger partial charge is 0.397 e. The van der Waals surface area contributed by atoms with Gasteiger partial charge in [0.05, 0.1) is 27.0 Å². The summed E-state index contributed by atoms with van der Waals surface area (Å²) in [5.41, 5.74) is 7.54. The van der Waals surface area contributed by atoms with Gasteiger partial charge in [-0.15, -0.1) is 0 Å². The quantitative estimate of drug-likeness (QED) is 0.804. The van der Waals surface area contributed by atoms with Crippen LogP contribution in [0, 0.1) is 11.3 Å². The van der Waals surface area contributed by atoms with E-state index in [0.717, 1.165) is 0 Å². The van der Waals surface area contributed by atoms with Crippen molar-refractivity contribution in [3.63, 3.8) is 0 Å². The first-order valence-electron chi connectivity index (χ1n) is 4.83. The molecule has 1 aromatic carbocycles. The Bertz CT molecular complexity index is 662. The molecular weight excluding hydrogens is 293 g/mol. The van der Waals surface area contributed by atoms with Gasteiger partial charge < -0.3 is 5.73 Å². The first kappa shape index (κ1) is 13.0. The van der Waals surface area contributed by atoms with Gasteiger partial charge in [0.2, 0.25) is 0 Å². The van der Waals surface area contributed by atoms with Gasteiger partial charge in [-0.1, -0.05) is 34.8 Å². The van der Waals surface area contributed by atoms with Crippen LogP contribution in [0.1, 0.15) is 5.56 Å². The fraction of sp³-hybridized carbons (Fsp3) is 0. The number of benzene rings is 1. The number of hydrogen-bond donors (Lipinski definition) is 1. The van der Waals surface area contributed by atoms with Gasteiger partial charge in [0.25, 0.3) is 0 Å². The van der Waals surface area contributed by atoms with Gasteiger partial charge in [-0.05, 0) is 18.2 Å². The van der Waals surface area contributed by atoms with Crippen LogP contribution in [0.2, 0.25) is 15.1 Å². The van der Waals surface area contributed by atoms with Crippen LogP contribution in [0.5, 0.6) is 0 Å². The number of nitrogen functional groups attached to an aromatic ring is 1. The summed E-state index contributed by atoms with van der Waals surface area (Å²) in [4.78, 5) is 4.11. The highest BCUT2D eigenvalue weighted by Gasteiger charge is 2.13. The number of hydrogen-bond acceptors (Lipinski definition) is 3. The molecule has 0 bridgehead atoms. The number of rotatable bonds is 1. The zero-order valence-electron chi connectivity index (χ0n) is 8.92. The molecule has 2 rings (SSSR count). The monoisotopic (exact) mass is 297 g/mol. The molecule has 0 spiro atoms. The summed E-state index contributed by atoms with van der Waals surface area (Å²) < 4.78 is 0. The third kappa shape index (κ3) is 2.37. The Kier molecular flexibility index (Phi) is 3.63. The van der Waals surface area contributed by atoms with Crippen LogP contribution in [-0.4, -0.2) is 4.98 Å². The zero-order valence-corrected chi connectivity index (χ0v) is 11.2. The minimum absolute atomic E-state index is 0.324. The molecule has 6 heteroatoms. The number of anilines is 1. The maximum absolute atomic E-state index is 8.75. The fourth-order valence-corrected chi connectivity index (χ4v) is 2.19. The van der Waals surface area contributed by atoms with Crippen molar-refractivity contribution < 1.29 is 0 Å². The van der Waals surface area contributed by atoms with Crippen LogP contribution in [0.3, 0.4) is 0 Å². The average Bonchev–Trinajstić information content (AvgIpc) is 2.34. The van der Waals surface area contributed by atoms with Crippen molar-refractivity contribution in [3.05, 3.63) is 45.0 Å². The number of nitriles is 1. The molecule has 1 aromatic heterocycles. The van der Waals surface area contributed by atoms with Crippen molar-refractivity contribution >= 4 is 40.5 Å². The van der Waals surface area contributed by atoms with Crippen molar-refractivity contribution in [2.75, 3.05) is 5.73 Å². The average molecular weight is 299 g/mol. The molecule has 0 aliphatic rings. The summed E-state index contributed by atoms with van der Waals surface area (Å²) in [7, 11) is 0. The van der Waals surface area contributed by atoms with Crippen LogP contribution in [0.15, 0.2) is 24.4 Å². The van der Waals surface area contributed by atoms with E-state index in [1.54, 1.807) is 6.07 Å². The van der Waals surface area contributed by atoms with Crippen LogP contribution in [-0.2, 0) is 0 Å². The molecule has 0 fully saturated rings. The van der Waals surface area contributed by atoms with E-state index >= 15 is 0 Å². The summed E-state index contributed by atoms with van der Waals surface area (Å²) >= 11 is 18.0. The van der Waals surface area contributed by atoms with Gasteiger partial charge >= 0.3 is 0 Å². The maximum Gasteiger partial charge on any atom is 0.101 e. The van der Waals surface area contributed by atoms with E-state index in [1.807, 2.05) is 6.07 Å². The molecule has 0 saturated carbocycles. The minimum Gasteiger partial charge on any atom is -0.397 e. The summed E-state index contributed by atoms with van der Waals surface area (Å²) in [6, 6.07) is 6.64. The molecule has 18 heavy (non-hydrogen) atoms. The molecule has 2 N–H and O–H groups in total. The molecule has 0 unspecified atom stereocenters. The molecule has 0 atom stereocenters. The molecule has 0 radical (unpaired) electrons. The highest BCUT2D eigenvalue weighted by molar-refractivity contribution is 6.45. The van der Waals surface area contributed by atoms with Gasteiger partial charge in [-0.2, -0.15) is 5.26 Å². The molecule has 1 heterocycles. The first-order valence-corrected chi connectivity index (χ1v) is 5.97. The van der Waals surface area contributed by atoms with E-state index in [1.165, 1.54) is 18.3 Å². The highest BCUT2D eigenvalue weighted by Crippen LogP contribution is 2.37. The number of aromatic nitrogens is 1. The molecule has 0 amide bonds. The Morgan fingerprint density at radius 2 is 1.89 bits per heavy atom. The van der Waals surface area contributed by atoms with Gasteiger partial charge in [-0.25, -0.2) is 0 Å². The minimum atomic E-state index is 0.324. The second-order valence-electron chi connectivity index (χ2n) is 3.52. The number of pyridine rings is 1. The summed E-state index contributed by atoms with van der Waals surface area (Å²) in [6.07, 6.45) is 1.41. The van der Waals surface area contributed by atoms with E-state index in [4.69, 9.17) is 45.8 Å². The van der Waals surface area contributed by atoms with Crippen molar-refractivity contribution in [1.29, 1.82) is 5.26 Å². The van der Waals surface area contributed by atoms with Crippen LogP contribution >= 0.6 is 34.8 Å². The fourth-order valence-electron chi connectivity index (χ4n) is 1.50. The van der Waals surface area contributed by atoms with Gasteiger partial charge in [0, 0.05) is 16.8 Å². The van der Waals surface area contributed by atoms with Crippen molar-refractivity contribution in [1.82, 2.24) is 4.98 Å². The second kappa shape index (κ2) is 5.03. The van der Waals surface area contributed by atoms with Gasteiger partial charge in [-0.3, -0.25) is 4.98 Å². The third-order valence-corrected chi connectivity index (χ3v) is 3.31. The van der Waals surface area contributed by atoms with Crippen LogP contribution in [0.25, 0.3) is 11.3 Å². The Hall–Kier alpha value is -1.47. The van der Waals surface area contributed by atoms with E-state index in [2.05, 4.69) is 4.98 Å². The predicted molar refractivity (Wildman–Crippen MR) is 73.8 cm³/mol. The number of halogens is 3.